The number of benzene rings is 1. The molecule has 1 aromatic rings. The number of unbranched alkanes of at least 4 members (excludes halogenated alkanes) is 1. The maximum Gasteiger partial charge on any atom is 0.244 e. The van der Waals surface area contributed by atoms with Gasteiger partial charge in [-0.15, -0.1) is 0 Å². The van der Waals surface area contributed by atoms with Crippen LogP contribution in [0.4, 0.5) is 0 Å². The Hall–Kier alpha value is -1.80. The number of hydrogen-bond donors (Lipinski definition) is 2. The van der Waals surface area contributed by atoms with Gasteiger partial charge in [-0.05, 0) is 18.6 Å². The molecule has 2 N–H and O–H groups in total. The van der Waals surface area contributed by atoms with Gasteiger partial charge in [0.25, 0.3) is 0 Å². The Labute approximate surface area is 131 Å². The van der Waals surface area contributed by atoms with E-state index in [-0.39, 0.29) is 23.1 Å². The van der Waals surface area contributed by atoms with E-state index in [1.807, 2.05) is 6.92 Å². The van der Waals surface area contributed by atoms with Gasteiger partial charge in [0, 0.05) is 12.6 Å². The zero-order chi connectivity index (χ0) is 16.6. The average Bonchev–Trinajstić information content (AvgIpc) is 2.52. The van der Waals surface area contributed by atoms with Crippen LogP contribution in [0.25, 0.3) is 0 Å². The molecule has 1 rings (SSSR count). The van der Waals surface area contributed by atoms with Gasteiger partial charge < -0.3 is 14.8 Å². The molecule has 0 aliphatic carbocycles. The van der Waals surface area contributed by atoms with Crippen LogP contribution in [0.5, 0.6) is 11.5 Å². The number of methoxy groups -OCH3 is 2. The number of amides is 1. The first-order chi connectivity index (χ1) is 10.4. The molecule has 0 saturated carbocycles. The van der Waals surface area contributed by atoms with Crippen molar-refractivity contribution in [1.82, 2.24) is 10.0 Å². The summed E-state index contributed by atoms with van der Waals surface area (Å²) in [5.74, 6) is 0.187. The molecule has 7 nitrogen and oxygen atoms in total. The summed E-state index contributed by atoms with van der Waals surface area (Å²) in [6.07, 6.45) is 1.80. The van der Waals surface area contributed by atoms with Gasteiger partial charge in [0.15, 0.2) is 0 Å². The third-order valence-electron chi connectivity index (χ3n) is 2.94. The number of ether oxygens (including phenoxy) is 2. The lowest BCUT2D eigenvalue weighted by Gasteiger charge is -2.12. The van der Waals surface area contributed by atoms with Gasteiger partial charge in [0.2, 0.25) is 15.9 Å². The SMILES string of the molecule is CCCCNC(=O)CNS(=O)(=O)c1cc(OC)ccc1OC. The summed E-state index contributed by atoms with van der Waals surface area (Å²) >= 11 is 0. The molecule has 0 spiro atoms. The van der Waals surface area contributed by atoms with E-state index < -0.39 is 10.0 Å². The van der Waals surface area contributed by atoms with E-state index in [0.717, 1.165) is 12.8 Å². The maximum absolute atomic E-state index is 12.3. The van der Waals surface area contributed by atoms with Crippen LogP contribution in [-0.2, 0) is 14.8 Å². The summed E-state index contributed by atoms with van der Waals surface area (Å²) in [6.45, 7) is 2.20. The Morgan fingerprint density at radius 3 is 2.55 bits per heavy atom. The highest BCUT2D eigenvalue weighted by Gasteiger charge is 2.21. The molecule has 22 heavy (non-hydrogen) atoms. The molecule has 0 aliphatic rings. The van der Waals surface area contributed by atoms with Crippen LogP contribution in [0.1, 0.15) is 19.8 Å². The molecule has 1 amide bonds. The second-order valence-electron chi connectivity index (χ2n) is 4.54. The second kappa shape index (κ2) is 8.60. The monoisotopic (exact) mass is 330 g/mol. The third-order valence-corrected chi connectivity index (χ3v) is 4.36. The van der Waals surface area contributed by atoms with Gasteiger partial charge in [0.1, 0.15) is 16.4 Å². The van der Waals surface area contributed by atoms with E-state index in [1.54, 1.807) is 6.07 Å². The minimum Gasteiger partial charge on any atom is -0.497 e. The number of sulfonamides is 1. The van der Waals surface area contributed by atoms with Gasteiger partial charge in [-0.25, -0.2) is 13.1 Å². The molecular formula is C14H22N2O5S. The Kier molecular flexibility index (Phi) is 7.13. The van der Waals surface area contributed by atoms with E-state index >= 15 is 0 Å². The fourth-order valence-electron chi connectivity index (χ4n) is 1.70. The quantitative estimate of drug-likeness (QED) is 0.656. The smallest absolute Gasteiger partial charge is 0.244 e. The zero-order valence-corrected chi connectivity index (χ0v) is 13.8. The Morgan fingerprint density at radius 2 is 1.95 bits per heavy atom. The summed E-state index contributed by atoms with van der Waals surface area (Å²) in [5.41, 5.74) is 0. The minimum absolute atomic E-state index is 0.0734. The van der Waals surface area contributed by atoms with E-state index in [1.165, 1.54) is 26.4 Å². The largest absolute Gasteiger partial charge is 0.497 e. The molecule has 0 atom stereocenters. The first-order valence-corrected chi connectivity index (χ1v) is 8.41. The molecule has 0 fully saturated rings. The van der Waals surface area contributed by atoms with Crippen LogP contribution < -0.4 is 19.5 Å². The predicted molar refractivity (Wildman–Crippen MR) is 82.7 cm³/mol. The molecule has 0 aromatic heterocycles. The summed E-state index contributed by atoms with van der Waals surface area (Å²) < 4.78 is 36.9. The van der Waals surface area contributed by atoms with Crippen molar-refractivity contribution in [2.24, 2.45) is 0 Å². The molecule has 0 heterocycles. The average molecular weight is 330 g/mol. The molecule has 0 saturated heterocycles. The van der Waals surface area contributed by atoms with Gasteiger partial charge >= 0.3 is 0 Å². The Bertz CT molecular complexity index is 601. The molecule has 0 bridgehead atoms. The molecule has 124 valence electrons. The highest BCUT2D eigenvalue weighted by Crippen LogP contribution is 2.27. The first-order valence-electron chi connectivity index (χ1n) is 6.93. The predicted octanol–water partition coefficient (Wildman–Crippen LogP) is 0.898. The fraction of sp³-hybridized carbons (Fsp3) is 0.500. The van der Waals surface area contributed by atoms with E-state index in [0.29, 0.717) is 12.3 Å². The third kappa shape index (κ3) is 5.19. The van der Waals surface area contributed by atoms with Gasteiger partial charge in [0.05, 0.1) is 20.8 Å². The molecule has 0 unspecified atom stereocenters. The van der Waals surface area contributed by atoms with Crippen molar-refractivity contribution in [3.8, 4) is 11.5 Å². The summed E-state index contributed by atoms with van der Waals surface area (Å²) in [4.78, 5) is 11.5. The summed E-state index contributed by atoms with van der Waals surface area (Å²) in [7, 11) is -1.07. The van der Waals surface area contributed by atoms with Crippen LogP contribution in [0.3, 0.4) is 0 Å². The Balaban J connectivity index is 2.79. The van der Waals surface area contributed by atoms with Crippen molar-refractivity contribution in [2.75, 3.05) is 27.3 Å². The Morgan fingerprint density at radius 1 is 1.23 bits per heavy atom. The van der Waals surface area contributed by atoms with Crippen molar-refractivity contribution in [3.05, 3.63) is 18.2 Å². The van der Waals surface area contributed by atoms with Crippen LogP contribution in [0.2, 0.25) is 0 Å². The first kappa shape index (κ1) is 18.2. The van der Waals surface area contributed by atoms with Gasteiger partial charge in [-0.1, -0.05) is 13.3 Å². The van der Waals surface area contributed by atoms with Crippen molar-refractivity contribution < 1.29 is 22.7 Å². The van der Waals surface area contributed by atoms with Crippen molar-refractivity contribution in [1.29, 1.82) is 0 Å². The summed E-state index contributed by atoms with van der Waals surface area (Å²) in [6, 6.07) is 4.43. The number of carbonyl (C=O) groups is 1. The van der Waals surface area contributed by atoms with Crippen LogP contribution in [0, 0.1) is 0 Å². The number of nitrogens with one attached hydrogen (secondary N) is 2. The van der Waals surface area contributed by atoms with Crippen molar-refractivity contribution in [2.45, 2.75) is 24.7 Å². The lowest BCUT2D eigenvalue weighted by Crippen LogP contribution is -2.37. The molecular weight excluding hydrogens is 308 g/mol. The molecule has 0 aliphatic heterocycles. The topological polar surface area (TPSA) is 93.7 Å². The number of hydrogen-bond acceptors (Lipinski definition) is 5. The van der Waals surface area contributed by atoms with E-state index in [9.17, 15) is 13.2 Å². The van der Waals surface area contributed by atoms with E-state index in [4.69, 9.17) is 9.47 Å². The van der Waals surface area contributed by atoms with Crippen LogP contribution in [0.15, 0.2) is 23.1 Å². The van der Waals surface area contributed by atoms with Crippen molar-refractivity contribution in [3.63, 3.8) is 0 Å². The normalized spacial score (nSPS) is 11.0. The van der Waals surface area contributed by atoms with Crippen LogP contribution >= 0.6 is 0 Å². The lowest BCUT2D eigenvalue weighted by molar-refractivity contribution is -0.119. The van der Waals surface area contributed by atoms with Gasteiger partial charge in [-0.2, -0.15) is 0 Å². The second-order valence-corrected chi connectivity index (χ2v) is 6.28. The zero-order valence-electron chi connectivity index (χ0n) is 13.0. The number of rotatable bonds is 9. The maximum atomic E-state index is 12.3. The standard InChI is InChI=1S/C14H22N2O5S/c1-4-5-8-15-14(17)10-16-22(18,19)13-9-11(20-2)6-7-12(13)21-3/h6-7,9,16H,4-5,8,10H2,1-3H3,(H,15,17). The molecule has 0 radical (unpaired) electrons. The van der Waals surface area contributed by atoms with Crippen LogP contribution in [-0.4, -0.2) is 41.6 Å². The fourth-order valence-corrected chi connectivity index (χ4v) is 2.86. The highest BCUT2D eigenvalue weighted by atomic mass is 32.2. The minimum atomic E-state index is -3.88. The highest BCUT2D eigenvalue weighted by molar-refractivity contribution is 7.89. The molecule has 8 heteroatoms. The molecule has 1 aromatic carbocycles. The number of carbonyl (C=O) groups excluding carboxylic acids is 1. The summed E-state index contributed by atoms with van der Waals surface area (Å²) in [5, 5.41) is 2.64. The van der Waals surface area contributed by atoms with Crippen molar-refractivity contribution >= 4 is 15.9 Å². The van der Waals surface area contributed by atoms with E-state index in [2.05, 4.69) is 10.0 Å². The van der Waals surface area contributed by atoms with Gasteiger partial charge in [-0.3, -0.25) is 4.79 Å². The lowest BCUT2D eigenvalue weighted by atomic mass is 10.3.